The van der Waals surface area contributed by atoms with Crippen molar-refractivity contribution in [1.82, 2.24) is 4.98 Å². The summed E-state index contributed by atoms with van der Waals surface area (Å²) >= 11 is 1.49. The van der Waals surface area contributed by atoms with Crippen LogP contribution in [0, 0.1) is 6.92 Å². The van der Waals surface area contributed by atoms with Gasteiger partial charge in [-0.1, -0.05) is 34.6 Å². The molecule has 0 spiro atoms. The molecular formula is C13H13N3OS. The van der Waals surface area contributed by atoms with E-state index in [1.54, 1.807) is 18.3 Å². The largest absolute Gasteiger partial charge is 0.409 e. The summed E-state index contributed by atoms with van der Waals surface area (Å²) in [4.78, 5) is 5.33. The molecule has 5 heteroatoms. The van der Waals surface area contributed by atoms with E-state index >= 15 is 0 Å². The predicted molar refractivity (Wildman–Crippen MR) is 72.0 cm³/mol. The lowest BCUT2D eigenvalue weighted by atomic mass is 10.2. The van der Waals surface area contributed by atoms with Crippen LogP contribution in [0.25, 0.3) is 0 Å². The van der Waals surface area contributed by atoms with Crippen LogP contribution in [0.3, 0.4) is 0 Å². The van der Waals surface area contributed by atoms with E-state index in [9.17, 15) is 0 Å². The first-order valence-corrected chi connectivity index (χ1v) is 6.20. The first kappa shape index (κ1) is 12.4. The average molecular weight is 259 g/mol. The van der Waals surface area contributed by atoms with E-state index in [0.29, 0.717) is 5.56 Å². The van der Waals surface area contributed by atoms with Crippen LogP contribution in [0.15, 0.2) is 57.7 Å². The summed E-state index contributed by atoms with van der Waals surface area (Å²) in [7, 11) is 0. The van der Waals surface area contributed by atoms with Gasteiger partial charge in [-0.05, 0) is 31.2 Å². The van der Waals surface area contributed by atoms with Gasteiger partial charge in [-0.25, -0.2) is 4.98 Å². The van der Waals surface area contributed by atoms with Crippen molar-refractivity contribution in [3.8, 4) is 0 Å². The van der Waals surface area contributed by atoms with Gasteiger partial charge in [0.25, 0.3) is 0 Å². The SMILES string of the molecule is Cc1cccc(Sc2ncccc2C(N)=NO)c1. The Bertz CT molecular complexity index is 584. The van der Waals surface area contributed by atoms with Gasteiger partial charge in [-0.15, -0.1) is 0 Å². The highest BCUT2D eigenvalue weighted by Gasteiger charge is 2.09. The molecule has 92 valence electrons. The number of aryl methyl sites for hydroxylation is 1. The van der Waals surface area contributed by atoms with Gasteiger partial charge in [0, 0.05) is 11.1 Å². The summed E-state index contributed by atoms with van der Waals surface area (Å²) < 4.78 is 0. The van der Waals surface area contributed by atoms with Crippen LogP contribution >= 0.6 is 11.8 Å². The van der Waals surface area contributed by atoms with Crippen molar-refractivity contribution >= 4 is 17.6 Å². The number of benzene rings is 1. The molecule has 18 heavy (non-hydrogen) atoms. The number of rotatable bonds is 3. The second-order valence-corrected chi connectivity index (χ2v) is 4.82. The van der Waals surface area contributed by atoms with Crippen molar-refractivity contribution in [2.45, 2.75) is 16.8 Å². The van der Waals surface area contributed by atoms with Crippen molar-refractivity contribution in [2.75, 3.05) is 0 Å². The molecule has 1 aromatic carbocycles. The van der Waals surface area contributed by atoms with E-state index < -0.39 is 0 Å². The quantitative estimate of drug-likeness (QED) is 0.385. The number of aromatic nitrogens is 1. The van der Waals surface area contributed by atoms with Crippen LogP contribution in [0.5, 0.6) is 0 Å². The third kappa shape index (κ3) is 2.81. The molecule has 0 aliphatic rings. The summed E-state index contributed by atoms with van der Waals surface area (Å²) in [5.74, 6) is 0.0678. The first-order valence-electron chi connectivity index (χ1n) is 5.38. The number of oxime groups is 1. The predicted octanol–water partition coefficient (Wildman–Crippen LogP) is 2.64. The monoisotopic (exact) mass is 259 g/mol. The number of nitrogens with zero attached hydrogens (tertiary/aromatic N) is 2. The Hall–Kier alpha value is -2.01. The summed E-state index contributed by atoms with van der Waals surface area (Å²) in [5, 5.41) is 12.5. The van der Waals surface area contributed by atoms with Crippen LogP contribution in [0.4, 0.5) is 0 Å². The molecule has 0 amide bonds. The van der Waals surface area contributed by atoms with Gasteiger partial charge in [0.15, 0.2) is 5.84 Å². The maximum Gasteiger partial charge on any atom is 0.172 e. The van der Waals surface area contributed by atoms with Crippen LogP contribution in [0.1, 0.15) is 11.1 Å². The topological polar surface area (TPSA) is 71.5 Å². The Kier molecular flexibility index (Phi) is 3.84. The summed E-state index contributed by atoms with van der Waals surface area (Å²) in [6.07, 6.45) is 1.69. The molecule has 4 nitrogen and oxygen atoms in total. The normalized spacial score (nSPS) is 11.5. The highest BCUT2D eigenvalue weighted by atomic mass is 32.2. The van der Waals surface area contributed by atoms with Crippen molar-refractivity contribution in [2.24, 2.45) is 10.9 Å². The van der Waals surface area contributed by atoms with Crippen molar-refractivity contribution < 1.29 is 5.21 Å². The Morgan fingerprint density at radius 1 is 1.33 bits per heavy atom. The zero-order chi connectivity index (χ0) is 13.0. The molecule has 0 saturated carbocycles. The van der Waals surface area contributed by atoms with Crippen LogP contribution in [0.2, 0.25) is 0 Å². The van der Waals surface area contributed by atoms with Gasteiger partial charge in [0.05, 0.1) is 5.56 Å². The third-order valence-corrected chi connectivity index (χ3v) is 3.37. The zero-order valence-corrected chi connectivity index (χ0v) is 10.7. The van der Waals surface area contributed by atoms with Gasteiger partial charge >= 0.3 is 0 Å². The summed E-state index contributed by atoms with van der Waals surface area (Å²) in [6.45, 7) is 2.03. The van der Waals surface area contributed by atoms with Crippen LogP contribution in [-0.4, -0.2) is 16.0 Å². The molecule has 0 saturated heterocycles. The standard InChI is InChI=1S/C13H13N3OS/c1-9-4-2-5-10(8-9)18-13-11(12(14)16-17)6-3-7-15-13/h2-8,17H,1H3,(H2,14,16). The third-order valence-electron chi connectivity index (χ3n) is 2.36. The Morgan fingerprint density at radius 2 is 2.17 bits per heavy atom. The highest BCUT2D eigenvalue weighted by molar-refractivity contribution is 7.99. The number of pyridine rings is 1. The molecule has 0 unspecified atom stereocenters. The second-order valence-electron chi connectivity index (χ2n) is 3.76. The zero-order valence-electron chi connectivity index (χ0n) is 9.87. The molecule has 1 aromatic heterocycles. The van der Waals surface area contributed by atoms with Crippen molar-refractivity contribution in [1.29, 1.82) is 0 Å². The molecule has 2 aromatic rings. The minimum absolute atomic E-state index is 0.0678. The fourth-order valence-electron chi connectivity index (χ4n) is 1.51. The van der Waals surface area contributed by atoms with Gasteiger partial charge in [0.2, 0.25) is 0 Å². The number of nitrogens with two attached hydrogens (primary N) is 1. The van der Waals surface area contributed by atoms with E-state index in [2.05, 4.69) is 16.2 Å². The van der Waals surface area contributed by atoms with Crippen molar-refractivity contribution in [3.05, 3.63) is 53.7 Å². The molecule has 3 N–H and O–H groups in total. The lowest BCUT2D eigenvalue weighted by Crippen LogP contribution is -2.14. The maximum absolute atomic E-state index is 8.75. The second kappa shape index (κ2) is 5.55. The van der Waals surface area contributed by atoms with Crippen molar-refractivity contribution in [3.63, 3.8) is 0 Å². The smallest absolute Gasteiger partial charge is 0.172 e. The van der Waals surface area contributed by atoms with Gasteiger partial charge in [-0.2, -0.15) is 0 Å². The molecule has 0 bridgehead atoms. The van der Waals surface area contributed by atoms with E-state index in [1.165, 1.54) is 17.3 Å². The van der Waals surface area contributed by atoms with E-state index in [4.69, 9.17) is 10.9 Å². The number of amidine groups is 1. The fraction of sp³-hybridized carbons (Fsp3) is 0.0769. The molecule has 0 fully saturated rings. The lowest BCUT2D eigenvalue weighted by Gasteiger charge is -2.06. The van der Waals surface area contributed by atoms with Gasteiger partial charge in [0.1, 0.15) is 5.03 Å². The number of hydrogen-bond acceptors (Lipinski definition) is 4. The van der Waals surface area contributed by atoms with E-state index in [0.717, 1.165) is 9.92 Å². The van der Waals surface area contributed by atoms with E-state index in [-0.39, 0.29) is 5.84 Å². The van der Waals surface area contributed by atoms with Crippen LogP contribution in [-0.2, 0) is 0 Å². The molecule has 0 aliphatic heterocycles. The molecular weight excluding hydrogens is 246 g/mol. The Morgan fingerprint density at radius 3 is 2.89 bits per heavy atom. The minimum atomic E-state index is 0.0678. The lowest BCUT2D eigenvalue weighted by molar-refractivity contribution is 0.318. The van der Waals surface area contributed by atoms with E-state index in [1.807, 2.05) is 25.1 Å². The van der Waals surface area contributed by atoms with Gasteiger partial charge < -0.3 is 10.9 Å². The summed E-state index contributed by atoms with van der Waals surface area (Å²) in [6, 6.07) is 11.6. The first-order chi connectivity index (χ1) is 8.70. The maximum atomic E-state index is 8.75. The molecule has 0 atom stereocenters. The highest BCUT2D eigenvalue weighted by Crippen LogP contribution is 2.28. The molecule has 1 heterocycles. The Balaban J connectivity index is 2.35. The Labute approximate surface area is 110 Å². The minimum Gasteiger partial charge on any atom is -0.409 e. The van der Waals surface area contributed by atoms with Crippen LogP contribution < -0.4 is 5.73 Å². The molecule has 0 radical (unpaired) electrons. The fourth-order valence-corrected chi connectivity index (χ4v) is 2.52. The number of hydrogen-bond donors (Lipinski definition) is 2. The molecule has 0 aliphatic carbocycles. The summed E-state index contributed by atoms with van der Waals surface area (Å²) in [5.41, 5.74) is 7.44. The molecule has 2 rings (SSSR count). The average Bonchev–Trinajstić information content (AvgIpc) is 2.38. The van der Waals surface area contributed by atoms with Gasteiger partial charge in [-0.3, -0.25) is 0 Å².